The maximum absolute atomic E-state index is 11.6. The Morgan fingerprint density at radius 3 is 2.60 bits per heavy atom. The van der Waals surface area contributed by atoms with E-state index in [9.17, 15) is 9.90 Å². The molecule has 2 unspecified atom stereocenters. The number of carbonyl (C=O) groups is 1. The Labute approximate surface area is 119 Å². The van der Waals surface area contributed by atoms with Crippen LogP contribution in [0, 0.1) is 6.92 Å². The molecule has 0 heterocycles. The molecule has 20 heavy (non-hydrogen) atoms. The summed E-state index contributed by atoms with van der Waals surface area (Å²) in [5.41, 5.74) is 4.70. The molecule has 102 valence electrons. The number of benzene rings is 2. The molecule has 2 atom stereocenters. The van der Waals surface area contributed by atoms with Crippen LogP contribution in [-0.2, 0) is 11.2 Å². The van der Waals surface area contributed by atoms with Crippen LogP contribution in [0.15, 0.2) is 48.5 Å². The minimum Gasteiger partial charge on any atom is -0.481 e. The van der Waals surface area contributed by atoms with Gasteiger partial charge < -0.3 is 5.11 Å². The van der Waals surface area contributed by atoms with Gasteiger partial charge in [-0.05, 0) is 47.9 Å². The van der Waals surface area contributed by atoms with Gasteiger partial charge >= 0.3 is 5.97 Å². The molecular weight excluding hydrogens is 248 g/mol. The standard InChI is InChI=1S/C18H18O2/c1-12-6-2-4-8-15(12)17(18(19)20)11-14-10-13-7-3-5-9-16(13)14/h2-9,14,17H,10-11H2,1H3,(H,19,20). The van der Waals surface area contributed by atoms with E-state index in [0.29, 0.717) is 12.3 Å². The fourth-order valence-corrected chi connectivity index (χ4v) is 3.20. The summed E-state index contributed by atoms with van der Waals surface area (Å²) in [7, 11) is 0. The number of rotatable bonds is 4. The summed E-state index contributed by atoms with van der Waals surface area (Å²) in [5, 5.41) is 9.57. The Hall–Kier alpha value is -2.09. The van der Waals surface area contributed by atoms with Crippen molar-refractivity contribution in [1.82, 2.24) is 0 Å². The summed E-state index contributed by atoms with van der Waals surface area (Å²) < 4.78 is 0. The first-order valence-corrected chi connectivity index (χ1v) is 7.03. The van der Waals surface area contributed by atoms with Gasteiger partial charge in [-0.2, -0.15) is 0 Å². The highest BCUT2D eigenvalue weighted by Crippen LogP contribution is 2.41. The van der Waals surface area contributed by atoms with Crippen LogP contribution < -0.4 is 0 Å². The van der Waals surface area contributed by atoms with Crippen LogP contribution in [0.1, 0.15) is 40.5 Å². The van der Waals surface area contributed by atoms with Crippen molar-refractivity contribution in [2.24, 2.45) is 0 Å². The number of aryl methyl sites for hydroxylation is 1. The van der Waals surface area contributed by atoms with Crippen molar-refractivity contribution in [3.05, 3.63) is 70.8 Å². The molecule has 0 fully saturated rings. The van der Waals surface area contributed by atoms with Crippen molar-refractivity contribution in [3.63, 3.8) is 0 Å². The summed E-state index contributed by atoms with van der Waals surface area (Å²) in [6, 6.07) is 16.2. The van der Waals surface area contributed by atoms with Crippen molar-refractivity contribution in [3.8, 4) is 0 Å². The minimum atomic E-state index is -0.719. The normalized spacial score (nSPS) is 17.9. The average molecular weight is 266 g/mol. The molecule has 0 aliphatic heterocycles. The molecule has 2 aromatic carbocycles. The second-order valence-corrected chi connectivity index (χ2v) is 5.58. The van der Waals surface area contributed by atoms with Crippen LogP contribution in [0.2, 0.25) is 0 Å². The summed E-state index contributed by atoms with van der Waals surface area (Å²) in [4.78, 5) is 11.6. The molecule has 0 aromatic heterocycles. The topological polar surface area (TPSA) is 37.3 Å². The largest absolute Gasteiger partial charge is 0.481 e. The van der Waals surface area contributed by atoms with Gasteiger partial charge in [0.25, 0.3) is 0 Å². The summed E-state index contributed by atoms with van der Waals surface area (Å²) in [5.74, 6) is -0.745. The van der Waals surface area contributed by atoms with Gasteiger partial charge in [0.15, 0.2) is 0 Å². The van der Waals surface area contributed by atoms with E-state index in [0.717, 1.165) is 17.5 Å². The number of hydrogen-bond acceptors (Lipinski definition) is 1. The lowest BCUT2D eigenvalue weighted by atomic mass is 9.72. The average Bonchev–Trinajstić information content (AvgIpc) is 2.41. The molecule has 1 aliphatic rings. The highest BCUT2D eigenvalue weighted by atomic mass is 16.4. The third-order valence-electron chi connectivity index (χ3n) is 4.34. The van der Waals surface area contributed by atoms with E-state index in [4.69, 9.17) is 0 Å². The molecule has 0 radical (unpaired) electrons. The summed E-state index contributed by atoms with van der Waals surface area (Å²) >= 11 is 0. The van der Waals surface area contributed by atoms with E-state index in [-0.39, 0.29) is 0 Å². The second kappa shape index (κ2) is 5.12. The first-order chi connectivity index (χ1) is 9.66. The highest BCUT2D eigenvalue weighted by Gasteiger charge is 2.32. The molecular formula is C18H18O2. The lowest BCUT2D eigenvalue weighted by Crippen LogP contribution is -2.23. The Kier molecular flexibility index (Phi) is 3.31. The van der Waals surface area contributed by atoms with Gasteiger partial charge in [-0.15, -0.1) is 0 Å². The Bertz CT molecular complexity index is 645. The van der Waals surface area contributed by atoms with Crippen molar-refractivity contribution in [2.75, 3.05) is 0 Å². The molecule has 3 rings (SSSR count). The molecule has 2 heteroatoms. The maximum Gasteiger partial charge on any atom is 0.311 e. The molecule has 2 aromatic rings. The zero-order valence-electron chi connectivity index (χ0n) is 11.5. The molecule has 0 bridgehead atoms. The van der Waals surface area contributed by atoms with E-state index in [1.165, 1.54) is 11.1 Å². The lowest BCUT2D eigenvalue weighted by molar-refractivity contribution is -0.139. The van der Waals surface area contributed by atoms with E-state index in [1.807, 2.05) is 43.3 Å². The van der Waals surface area contributed by atoms with Crippen LogP contribution in [0.25, 0.3) is 0 Å². The van der Waals surface area contributed by atoms with Crippen LogP contribution in [0.5, 0.6) is 0 Å². The van der Waals surface area contributed by atoms with Crippen LogP contribution in [0.4, 0.5) is 0 Å². The Balaban J connectivity index is 1.84. The van der Waals surface area contributed by atoms with Gasteiger partial charge in [0.05, 0.1) is 5.92 Å². The Morgan fingerprint density at radius 1 is 1.20 bits per heavy atom. The molecule has 0 amide bonds. The molecule has 2 nitrogen and oxygen atoms in total. The number of aliphatic carboxylic acids is 1. The van der Waals surface area contributed by atoms with Crippen molar-refractivity contribution in [2.45, 2.75) is 31.6 Å². The summed E-state index contributed by atoms with van der Waals surface area (Å²) in [6.07, 6.45) is 1.70. The molecule has 1 aliphatic carbocycles. The quantitative estimate of drug-likeness (QED) is 0.911. The smallest absolute Gasteiger partial charge is 0.311 e. The zero-order valence-corrected chi connectivity index (χ0v) is 11.5. The number of fused-ring (bicyclic) bond motifs is 1. The highest BCUT2D eigenvalue weighted by molar-refractivity contribution is 5.77. The van der Waals surface area contributed by atoms with E-state index in [2.05, 4.69) is 12.1 Å². The fourth-order valence-electron chi connectivity index (χ4n) is 3.20. The molecule has 1 N–H and O–H groups in total. The SMILES string of the molecule is Cc1ccccc1C(CC1Cc2ccccc21)C(=O)O. The van der Waals surface area contributed by atoms with E-state index >= 15 is 0 Å². The third-order valence-corrected chi connectivity index (χ3v) is 4.34. The summed E-state index contributed by atoms with van der Waals surface area (Å²) in [6.45, 7) is 1.99. The number of hydrogen-bond donors (Lipinski definition) is 1. The molecule has 0 spiro atoms. The first-order valence-electron chi connectivity index (χ1n) is 7.03. The molecule has 0 saturated heterocycles. The van der Waals surface area contributed by atoms with Gasteiger partial charge in [0.1, 0.15) is 0 Å². The van der Waals surface area contributed by atoms with Gasteiger partial charge in [-0.3, -0.25) is 4.79 Å². The predicted molar refractivity (Wildman–Crippen MR) is 79.1 cm³/mol. The van der Waals surface area contributed by atoms with Gasteiger partial charge in [0, 0.05) is 0 Å². The minimum absolute atomic E-state index is 0.381. The molecule has 0 saturated carbocycles. The van der Waals surface area contributed by atoms with E-state index < -0.39 is 11.9 Å². The monoisotopic (exact) mass is 266 g/mol. The predicted octanol–water partition coefficient (Wildman–Crippen LogP) is 3.89. The third kappa shape index (κ3) is 2.22. The van der Waals surface area contributed by atoms with Gasteiger partial charge in [0.2, 0.25) is 0 Å². The second-order valence-electron chi connectivity index (χ2n) is 5.58. The number of carboxylic acid groups (broad SMARTS) is 1. The Morgan fingerprint density at radius 2 is 1.90 bits per heavy atom. The number of carboxylic acids is 1. The van der Waals surface area contributed by atoms with Crippen molar-refractivity contribution in [1.29, 1.82) is 0 Å². The zero-order chi connectivity index (χ0) is 14.1. The van der Waals surface area contributed by atoms with Crippen LogP contribution in [-0.4, -0.2) is 11.1 Å². The lowest BCUT2D eigenvalue weighted by Gasteiger charge is -2.32. The van der Waals surface area contributed by atoms with Gasteiger partial charge in [-0.25, -0.2) is 0 Å². The van der Waals surface area contributed by atoms with E-state index in [1.54, 1.807) is 0 Å². The fraction of sp³-hybridized carbons (Fsp3) is 0.278. The van der Waals surface area contributed by atoms with Crippen LogP contribution >= 0.6 is 0 Å². The maximum atomic E-state index is 11.6. The van der Waals surface area contributed by atoms with Gasteiger partial charge in [-0.1, -0.05) is 48.5 Å². The first kappa shape index (κ1) is 12.9. The van der Waals surface area contributed by atoms with Crippen molar-refractivity contribution >= 4 is 5.97 Å². The van der Waals surface area contributed by atoms with Crippen LogP contribution in [0.3, 0.4) is 0 Å². The van der Waals surface area contributed by atoms with Crippen molar-refractivity contribution < 1.29 is 9.90 Å².